The fourth-order valence-electron chi connectivity index (χ4n) is 3.89. The summed E-state index contributed by atoms with van der Waals surface area (Å²) >= 11 is 0. The van der Waals surface area contributed by atoms with Crippen molar-refractivity contribution >= 4 is 17.4 Å². The molecule has 4 rings (SSSR count). The molecule has 1 fully saturated rings. The standard InChI is InChI=1S/C22H25N3O3/c26-21(24-10-8-19(9-11-24)18-5-2-1-3-6-18)17-23-12-14-25(15-13-23)22(27)20-7-4-16-28-20/h1-8,16H,9-15,17H2/p+1. The van der Waals surface area contributed by atoms with Gasteiger partial charge in [0.25, 0.3) is 11.8 Å². The van der Waals surface area contributed by atoms with E-state index in [1.54, 1.807) is 12.1 Å². The van der Waals surface area contributed by atoms with Crippen LogP contribution in [0.5, 0.6) is 0 Å². The number of benzene rings is 1. The Balaban J connectivity index is 1.25. The molecule has 6 heteroatoms. The third-order valence-electron chi connectivity index (χ3n) is 5.60. The Morgan fingerprint density at radius 1 is 0.964 bits per heavy atom. The van der Waals surface area contributed by atoms with E-state index < -0.39 is 0 Å². The van der Waals surface area contributed by atoms with E-state index in [4.69, 9.17) is 4.42 Å². The van der Waals surface area contributed by atoms with Crippen LogP contribution in [-0.4, -0.2) is 67.4 Å². The number of nitrogens with one attached hydrogen (secondary N) is 1. The van der Waals surface area contributed by atoms with Gasteiger partial charge in [0.2, 0.25) is 0 Å². The highest BCUT2D eigenvalue weighted by atomic mass is 16.3. The van der Waals surface area contributed by atoms with Crippen molar-refractivity contribution in [3.8, 4) is 0 Å². The summed E-state index contributed by atoms with van der Waals surface area (Å²) in [6.07, 6.45) is 4.59. The quantitative estimate of drug-likeness (QED) is 0.859. The van der Waals surface area contributed by atoms with Gasteiger partial charge in [-0.25, -0.2) is 0 Å². The van der Waals surface area contributed by atoms with Crippen molar-refractivity contribution < 1.29 is 18.9 Å². The summed E-state index contributed by atoms with van der Waals surface area (Å²) in [4.78, 5) is 30.0. The molecule has 0 atom stereocenters. The maximum absolute atomic E-state index is 12.7. The van der Waals surface area contributed by atoms with E-state index in [9.17, 15) is 9.59 Å². The van der Waals surface area contributed by atoms with Crippen LogP contribution in [0.2, 0.25) is 0 Å². The van der Waals surface area contributed by atoms with Gasteiger partial charge in [0.15, 0.2) is 12.3 Å². The highest BCUT2D eigenvalue weighted by molar-refractivity contribution is 5.91. The van der Waals surface area contributed by atoms with Crippen molar-refractivity contribution in [3.05, 3.63) is 66.1 Å². The lowest BCUT2D eigenvalue weighted by atomic mass is 9.99. The average molecular weight is 380 g/mol. The Hall–Kier alpha value is -2.86. The minimum Gasteiger partial charge on any atom is -0.459 e. The van der Waals surface area contributed by atoms with E-state index in [0.717, 1.165) is 26.1 Å². The zero-order valence-electron chi connectivity index (χ0n) is 16.0. The molecular weight excluding hydrogens is 354 g/mol. The van der Waals surface area contributed by atoms with Gasteiger partial charge in [0, 0.05) is 13.1 Å². The molecule has 0 saturated carbocycles. The summed E-state index contributed by atoms with van der Waals surface area (Å²) in [6, 6.07) is 13.8. The van der Waals surface area contributed by atoms with Gasteiger partial charge in [-0.15, -0.1) is 0 Å². The minimum absolute atomic E-state index is 0.0648. The van der Waals surface area contributed by atoms with E-state index in [1.807, 2.05) is 28.0 Å². The highest BCUT2D eigenvalue weighted by Crippen LogP contribution is 2.21. The van der Waals surface area contributed by atoms with Gasteiger partial charge in [-0.05, 0) is 29.7 Å². The number of piperazine rings is 1. The molecule has 0 radical (unpaired) electrons. The van der Waals surface area contributed by atoms with Crippen LogP contribution in [0.15, 0.2) is 59.2 Å². The third-order valence-corrected chi connectivity index (χ3v) is 5.60. The van der Waals surface area contributed by atoms with Crippen LogP contribution in [0, 0.1) is 0 Å². The smallest absolute Gasteiger partial charge is 0.289 e. The fraction of sp³-hybridized carbons (Fsp3) is 0.364. The van der Waals surface area contributed by atoms with E-state index in [0.29, 0.717) is 31.9 Å². The number of amides is 2. The topological polar surface area (TPSA) is 58.2 Å². The highest BCUT2D eigenvalue weighted by Gasteiger charge is 2.28. The van der Waals surface area contributed by atoms with Crippen molar-refractivity contribution in [1.82, 2.24) is 9.80 Å². The predicted octanol–water partition coefficient (Wildman–Crippen LogP) is 0.936. The van der Waals surface area contributed by atoms with Gasteiger partial charge >= 0.3 is 0 Å². The maximum atomic E-state index is 12.7. The lowest BCUT2D eigenvalue weighted by molar-refractivity contribution is -0.896. The van der Waals surface area contributed by atoms with Crippen molar-refractivity contribution in [2.75, 3.05) is 45.8 Å². The van der Waals surface area contributed by atoms with Gasteiger partial charge < -0.3 is 19.1 Å². The summed E-state index contributed by atoms with van der Waals surface area (Å²) in [7, 11) is 0. The first-order chi connectivity index (χ1) is 13.7. The average Bonchev–Trinajstić information content (AvgIpc) is 3.29. The number of rotatable bonds is 4. The zero-order chi connectivity index (χ0) is 19.3. The first kappa shape index (κ1) is 18.5. The maximum Gasteiger partial charge on any atom is 0.289 e. The van der Waals surface area contributed by atoms with Crippen LogP contribution in [0.4, 0.5) is 0 Å². The molecule has 2 amide bonds. The predicted molar refractivity (Wildman–Crippen MR) is 106 cm³/mol. The van der Waals surface area contributed by atoms with Gasteiger partial charge in [-0.2, -0.15) is 0 Å². The molecule has 1 aromatic carbocycles. The van der Waals surface area contributed by atoms with Crippen LogP contribution in [0.1, 0.15) is 22.5 Å². The lowest BCUT2D eigenvalue weighted by Crippen LogP contribution is -3.15. The second-order valence-corrected chi connectivity index (χ2v) is 7.38. The van der Waals surface area contributed by atoms with E-state index in [2.05, 4.69) is 18.2 Å². The molecule has 1 aromatic heterocycles. The molecule has 2 aliphatic rings. The van der Waals surface area contributed by atoms with Crippen molar-refractivity contribution in [1.29, 1.82) is 0 Å². The minimum atomic E-state index is -0.0648. The summed E-state index contributed by atoms with van der Waals surface area (Å²) in [5, 5.41) is 0. The number of carbonyl (C=O) groups excluding carboxylic acids is 2. The molecule has 2 aliphatic heterocycles. The molecule has 6 nitrogen and oxygen atoms in total. The third kappa shape index (κ3) is 4.17. The van der Waals surface area contributed by atoms with Gasteiger partial charge in [-0.3, -0.25) is 9.59 Å². The number of nitrogens with zero attached hydrogens (tertiary/aromatic N) is 2. The first-order valence-corrected chi connectivity index (χ1v) is 9.89. The van der Waals surface area contributed by atoms with Gasteiger partial charge in [0.05, 0.1) is 32.4 Å². The number of hydrogen-bond donors (Lipinski definition) is 1. The Bertz CT molecular complexity index is 837. The van der Waals surface area contributed by atoms with E-state index in [1.165, 1.54) is 22.3 Å². The first-order valence-electron chi connectivity index (χ1n) is 9.89. The van der Waals surface area contributed by atoms with Crippen LogP contribution in [0.25, 0.3) is 5.57 Å². The van der Waals surface area contributed by atoms with Gasteiger partial charge in [0.1, 0.15) is 0 Å². The monoisotopic (exact) mass is 380 g/mol. The zero-order valence-corrected chi connectivity index (χ0v) is 16.0. The summed E-state index contributed by atoms with van der Waals surface area (Å²) in [5.41, 5.74) is 2.57. The Morgan fingerprint density at radius 3 is 2.39 bits per heavy atom. The normalized spacial score (nSPS) is 18.1. The Kier molecular flexibility index (Phi) is 5.58. The molecule has 3 heterocycles. The Labute approximate surface area is 165 Å². The van der Waals surface area contributed by atoms with Crippen LogP contribution >= 0.6 is 0 Å². The molecule has 0 aliphatic carbocycles. The number of furan rings is 1. The van der Waals surface area contributed by atoms with Crippen molar-refractivity contribution in [2.24, 2.45) is 0 Å². The Morgan fingerprint density at radius 2 is 1.75 bits per heavy atom. The largest absolute Gasteiger partial charge is 0.459 e. The van der Waals surface area contributed by atoms with Crippen molar-refractivity contribution in [3.63, 3.8) is 0 Å². The van der Waals surface area contributed by atoms with Gasteiger partial charge in [-0.1, -0.05) is 36.4 Å². The number of hydrogen-bond acceptors (Lipinski definition) is 3. The molecule has 1 N–H and O–H groups in total. The second-order valence-electron chi connectivity index (χ2n) is 7.38. The van der Waals surface area contributed by atoms with E-state index in [-0.39, 0.29) is 11.8 Å². The molecule has 28 heavy (non-hydrogen) atoms. The molecule has 0 spiro atoms. The molecular formula is C22H26N3O3+. The summed E-state index contributed by atoms with van der Waals surface area (Å²) < 4.78 is 5.20. The SMILES string of the molecule is O=C(C[NH+]1CCN(C(=O)c2ccco2)CC1)N1CC=C(c2ccccc2)CC1. The fourth-order valence-corrected chi connectivity index (χ4v) is 3.89. The van der Waals surface area contributed by atoms with E-state index >= 15 is 0 Å². The number of quaternary nitrogens is 1. The molecule has 1 saturated heterocycles. The summed E-state index contributed by atoms with van der Waals surface area (Å²) in [6.45, 7) is 4.83. The number of carbonyl (C=O) groups is 2. The van der Waals surface area contributed by atoms with Crippen LogP contribution in [0.3, 0.4) is 0 Å². The molecule has 146 valence electrons. The van der Waals surface area contributed by atoms with Crippen molar-refractivity contribution in [2.45, 2.75) is 6.42 Å². The molecule has 2 aromatic rings. The molecule has 0 unspecified atom stereocenters. The summed E-state index contributed by atoms with van der Waals surface area (Å²) in [5.74, 6) is 0.517. The lowest BCUT2D eigenvalue weighted by Gasteiger charge is -2.33. The molecule has 0 bridgehead atoms. The van der Waals surface area contributed by atoms with Crippen LogP contribution < -0.4 is 4.90 Å². The second kappa shape index (κ2) is 8.44. The van der Waals surface area contributed by atoms with Crippen LogP contribution in [-0.2, 0) is 4.79 Å².